The fourth-order valence-corrected chi connectivity index (χ4v) is 1.65. The Bertz CT molecular complexity index is 758. The van der Waals surface area contributed by atoms with Crippen LogP contribution in [0.2, 0.25) is 0 Å². The van der Waals surface area contributed by atoms with E-state index in [1.807, 2.05) is 0 Å². The quantitative estimate of drug-likeness (QED) is 0.488. The number of phenols is 1. The first-order valence-electron chi connectivity index (χ1n) is 6.32. The van der Waals surface area contributed by atoms with Gasteiger partial charge in [0, 0.05) is 11.6 Å². The number of nitrogens with zero attached hydrogens (tertiary/aromatic N) is 3. The van der Waals surface area contributed by atoms with Crippen LogP contribution in [0, 0.1) is 10.1 Å². The molecule has 2 aromatic rings. The topological polar surface area (TPSA) is 127 Å². The Morgan fingerprint density at radius 3 is 2.83 bits per heavy atom. The van der Waals surface area contributed by atoms with Gasteiger partial charge < -0.3 is 9.84 Å². The molecule has 2 rings (SSSR count). The average Bonchev–Trinajstić information content (AvgIpc) is 2.56. The SMILES string of the molecule is COc1cccc(/C=N\NC(=O)c2ccc([N+](=O)[O-])cn2)c1O. The van der Waals surface area contributed by atoms with Crippen molar-refractivity contribution >= 4 is 17.8 Å². The van der Waals surface area contributed by atoms with E-state index in [-0.39, 0.29) is 22.9 Å². The van der Waals surface area contributed by atoms with Crippen LogP contribution in [0.3, 0.4) is 0 Å². The number of hydrogen-bond donors (Lipinski definition) is 2. The summed E-state index contributed by atoms with van der Waals surface area (Å²) in [6.45, 7) is 0. The number of nitro groups is 1. The minimum atomic E-state index is -0.640. The van der Waals surface area contributed by atoms with Gasteiger partial charge in [-0.25, -0.2) is 10.4 Å². The molecule has 0 unspecified atom stereocenters. The zero-order valence-electron chi connectivity index (χ0n) is 12.0. The fourth-order valence-electron chi connectivity index (χ4n) is 1.65. The Morgan fingerprint density at radius 2 is 2.22 bits per heavy atom. The molecular weight excluding hydrogens is 304 g/mol. The highest BCUT2D eigenvalue weighted by molar-refractivity contribution is 5.93. The van der Waals surface area contributed by atoms with Crippen LogP contribution in [0.5, 0.6) is 11.5 Å². The number of aromatic hydroxyl groups is 1. The Kier molecular flexibility index (Phi) is 4.82. The predicted octanol–water partition coefficient (Wildman–Crippen LogP) is 1.47. The summed E-state index contributed by atoms with van der Waals surface area (Å²) in [6, 6.07) is 7.19. The van der Waals surface area contributed by atoms with Crippen molar-refractivity contribution in [3.8, 4) is 11.5 Å². The van der Waals surface area contributed by atoms with Gasteiger partial charge in [0.05, 0.1) is 18.2 Å². The zero-order chi connectivity index (χ0) is 16.8. The van der Waals surface area contributed by atoms with Crippen LogP contribution in [0.15, 0.2) is 41.6 Å². The Labute approximate surface area is 130 Å². The summed E-state index contributed by atoms with van der Waals surface area (Å²) in [5.41, 5.74) is 2.31. The van der Waals surface area contributed by atoms with Crippen LogP contribution in [0.4, 0.5) is 5.69 Å². The molecular formula is C14H12N4O5. The molecule has 23 heavy (non-hydrogen) atoms. The van der Waals surface area contributed by atoms with Crippen molar-refractivity contribution in [1.82, 2.24) is 10.4 Å². The molecule has 1 aromatic heterocycles. The molecule has 0 spiro atoms. The number of pyridine rings is 1. The zero-order valence-corrected chi connectivity index (χ0v) is 12.0. The number of phenolic OH excluding ortho intramolecular Hbond substituents is 1. The van der Waals surface area contributed by atoms with Crippen molar-refractivity contribution in [2.75, 3.05) is 7.11 Å². The van der Waals surface area contributed by atoms with E-state index in [0.29, 0.717) is 5.56 Å². The van der Waals surface area contributed by atoms with Crippen LogP contribution in [0.1, 0.15) is 16.1 Å². The third-order valence-electron chi connectivity index (χ3n) is 2.81. The molecule has 2 N–H and O–H groups in total. The number of ether oxygens (including phenoxy) is 1. The lowest BCUT2D eigenvalue weighted by Gasteiger charge is -2.04. The largest absolute Gasteiger partial charge is 0.504 e. The predicted molar refractivity (Wildman–Crippen MR) is 80.6 cm³/mol. The second-order valence-electron chi connectivity index (χ2n) is 4.26. The van der Waals surface area contributed by atoms with Crippen LogP contribution >= 0.6 is 0 Å². The number of para-hydroxylation sites is 1. The number of rotatable bonds is 5. The lowest BCUT2D eigenvalue weighted by Crippen LogP contribution is -2.18. The summed E-state index contributed by atoms with van der Waals surface area (Å²) in [5.74, 6) is -0.475. The van der Waals surface area contributed by atoms with Crippen molar-refractivity contribution in [3.63, 3.8) is 0 Å². The van der Waals surface area contributed by atoms with Crippen LogP contribution in [-0.4, -0.2) is 34.2 Å². The van der Waals surface area contributed by atoms with Gasteiger partial charge in [0.2, 0.25) is 0 Å². The summed E-state index contributed by atoms with van der Waals surface area (Å²) in [6.07, 6.45) is 2.22. The van der Waals surface area contributed by atoms with E-state index in [1.165, 1.54) is 25.5 Å². The van der Waals surface area contributed by atoms with Crippen molar-refractivity contribution in [3.05, 3.63) is 57.9 Å². The number of aromatic nitrogens is 1. The Balaban J connectivity index is 2.05. The third kappa shape index (κ3) is 3.79. The molecule has 0 bridgehead atoms. The Hall–Kier alpha value is -3.49. The monoisotopic (exact) mass is 316 g/mol. The number of methoxy groups -OCH3 is 1. The van der Waals surface area contributed by atoms with E-state index in [2.05, 4.69) is 15.5 Å². The number of carbonyl (C=O) groups excluding carboxylic acids is 1. The van der Waals surface area contributed by atoms with Crippen LogP contribution < -0.4 is 10.2 Å². The molecule has 1 heterocycles. The normalized spacial score (nSPS) is 10.5. The summed E-state index contributed by atoms with van der Waals surface area (Å²) >= 11 is 0. The van der Waals surface area contributed by atoms with E-state index in [0.717, 1.165) is 6.20 Å². The van der Waals surface area contributed by atoms with Gasteiger partial charge in [0.1, 0.15) is 11.9 Å². The molecule has 0 radical (unpaired) electrons. The van der Waals surface area contributed by atoms with Gasteiger partial charge in [-0.05, 0) is 18.2 Å². The van der Waals surface area contributed by atoms with Gasteiger partial charge in [0.15, 0.2) is 11.5 Å². The van der Waals surface area contributed by atoms with Gasteiger partial charge >= 0.3 is 0 Å². The summed E-state index contributed by atoms with van der Waals surface area (Å²) < 4.78 is 4.95. The fraction of sp³-hybridized carbons (Fsp3) is 0.0714. The number of hydrogen-bond acceptors (Lipinski definition) is 7. The average molecular weight is 316 g/mol. The number of carbonyl (C=O) groups is 1. The smallest absolute Gasteiger partial charge is 0.289 e. The lowest BCUT2D eigenvalue weighted by atomic mass is 10.2. The van der Waals surface area contributed by atoms with Gasteiger partial charge in [-0.2, -0.15) is 5.10 Å². The molecule has 1 aromatic carbocycles. The molecule has 0 aliphatic heterocycles. The second-order valence-corrected chi connectivity index (χ2v) is 4.26. The molecule has 0 atom stereocenters. The van der Waals surface area contributed by atoms with Gasteiger partial charge in [-0.1, -0.05) is 6.07 Å². The molecule has 0 fully saturated rings. The van der Waals surface area contributed by atoms with Crippen molar-refractivity contribution < 1.29 is 19.6 Å². The van der Waals surface area contributed by atoms with E-state index in [1.54, 1.807) is 18.2 Å². The maximum atomic E-state index is 11.8. The molecule has 0 aliphatic carbocycles. The highest BCUT2D eigenvalue weighted by Gasteiger charge is 2.10. The molecule has 118 valence electrons. The lowest BCUT2D eigenvalue weighted by molar-refractivity contribution is -0.385. The van der Waals surface area contributed by atoms with Crippen molar-refractivity contribution in [2.24, 2.45) is 5.10 Å². The minimum absolute atomic E-state index is 0.0254. The van der Waals surface area contributed by atoms with Crippen molar-refractivity contribution in [1.29, 1.82) is 0 Å². The molecule has 1 amide bonds. The maximum Gasteiger partial charge on any atom is 0.289 e. The highest BCUT2D eigenvalue weighted by atomic mass is 16.6. The van der Waals surface area contributed by atoms with Gasteiger partial charge in [-0.3, -0.25) is 14.9 Å². The van der Waals surface area contributed by atoms with Crippen LogP contribution in [-0.2, 0) is 0 Å². The standard InChI is InChI=1S/C14H12N4O5/c1-23-12-4-2-3-9(13(12)19)7-16-17-14(20)11-6-5-10(8-15-11)18(21)22/h2-8,19H,1H3,(H,17,20)/b16-7-. The Morgan fingerprint density at radius 1 is 1.43 bits per heavy atom. The van der Waals surface area contributed by atoms with Gasteiger partial charge in [-0.15, -0.1) is 0 Å². The second kappa shape index (κ2) is 6.98. The van der Waals surface area contributed by atoms with E-state index >= 15 is 0 Å². The first kappa shape index (κ1) is 15.9. The number of benzene rings is 1. The third-order valence-corrected chi connectivity index (χ3v) is 2.81. The van der Waals surface area contributed by atoms with E-state index in [9.17, 15) is 20.0 Å². The molecule has 0 saturated carbocycles. The van der Waals surface area contributed by atoms with Crippen molar-refractivity contribution in [2.45, 2.75) is 0 Å². The first-order chi connectivity index (χ1) is 11.0. The molecule has 9 nitrogen and oxygen atoms in total. The highest BCUT2D eigenvalue weighted by Crippen LogP contribution is 2.27. The number of nitrogens with one attached hydrogen (secondary N) is 1. The molecule has 0 saturated heterocycles. The summed E-state index contributed by atoms with van der Waals surface area (Å²) in [5, 5.41) is 24.0. The van der Waals surface area contributed by atoms with Crippen LogP contribution in [0.25, 0.3) is 0 Å². The maximum absolute atomic E-state index is 11.8. The summed E-state index contributed by atoms with van der Waals surface area (Å²) in [4.78, 5) is 25.3. The summed E-state index contributed by atoms with van der Waals surface area (Å²) in [7, 11) is 1.41. The van der Waals surface area contributed by atoms with Gasteiger partial charge in [0.25, 0.3) is 11.6 Å². The van der Waals surface area contributed by atoms with E-state index in [4.69, 9.17) is 4.74 Å². The molecule has 0 aliphatic rings. The minimum Gasteiger partial charge on any atom is -0.504 e. The molecule has 9 heteroatoms. The van der Waals surface area contributed by atoms with E-state index < -0.39 is 10.8 Å². The number of hydrazone groups is 1. The number of amides is 1. The first-order valence-corrected chi connectivity index (χ1v) is 6.32.